The summed E-state index contributed by atoms with van der Waals surface area (Å²) in [4.78, 5) is 23.0. The Hall–Kier alpha value is -1.82. The summed E-state index contributed by atoms with van der Waals surface area (Å²) in [5, 5.41) is 5.36. The number of rotatable bonds is 8. The number of hydrogen-bond acceptors (Lipinski definition) is 4. The fraction of sp³-hybridized carbons (Fsp3) is 0.538. The minimum absolute atomic E-state index is 0.0679. The Morgan fingerprint density at radius 3 is 2.74 bits per heavy atom. The maximum Gasteiger partial charge on any atom is 0.287 e. The molecule has 1 aromatic heterocycles. The average Bonchev–Trinajstić information content (AvgIpc) is 2.85. The number of furan rings is 1. The van der Waals surface area contributed by atoms with E-state index in [1.165, 1.54) is 0 Å². The van der Waals surface area contributed by atoms with Crippen LogP contribution in [-0.2, 0) is 16.1 Å². The Bertz CT molecular complexity index is 415. The van der Waals surface area contributed by atoms with Crippen LogP contribution in [0.25, 0.3) is 0 Å². The zero-order valence-corrected chi connectivity index (χ0v) is 11.3. The number of nitrogens with one attached hydrogen (secondary N) is 2. The Morgan fingerprint density at radius 1 is 1.26 bits per heavy atom. The molecule has 2 amide bonds. The van der Waals surface area contributed by atoms with Gasteiger partial charge < -0.3 is 19.8 Å². The summed E-state index contributed by atoms with van der Waals surface area (Å²) in [6.07, 6.45) is 1.16. The first-order valence-electron chi connectivity index (χ1n) is 6.30. The van der Waals surface area contributed by atoms with Crippen LogP contribution in [0.2, 0.25) is 0 Å². The lowest BCUT2D eigenvalue weighted by Crippen LogP contribution is -2.30. The molecule has 2 N–H and O–H groups in total. The number of carbonyl (C=O) groups is 2. The summed E-state index contributed by atoms with van der Waals surface area (Å²) in [5.74, 6) is 0.418. The standard InChI is InChI=1S/C13H20N2O4/c1-3-7-14-12(16)6-8-15-13(17)11-5-4-10(19-11)9-18-2/h4-5H,3,6-9H2,1-2H3,(H,14,16)(H,15,17). The first-order valence-corrected chi connectivity index (χ1v) is 6.30. The van der Waals surface area contributed by atoms with Crippen LogP contribution in [0.5, 0.6) is 0 Å². The number of ether oxygens (including phenoxy) is 1. The topological polar surface area (TPSA) is 80.6 Å². The zero-order valence-electron chi connectivity index (χ0n) is 11.3. The van der Waals surface area contributed by atoms with Crippen molar-refractivity contribution in [2.75, 3.05) is 20.2 Å². The van der Waals surface area contributed by atoms with E-state index in [1.54, 1.807) is 19.2 Å². The zero-order chi connectivity index (χ0) is 14.1. The molecule has 0 aromatic carbocycles. The molecular weight excluding hydrogens is 248 g/mol. The molecule has 1 rings (SSSR count). The molecule has 0 aliphatic carbocycles. The summed E-state index contributed by atoms with van der Waals surface area (Å²) in [6.45, 7) is 3.25. The predicted molar refractivity (Wildman–Crippen MR) is 69.7 cm³/mol. The van der Waals surface area contributed by atoms with E-state index in [4.69, 9.17) is 9.15 Å². The van der Waals surface area contributed by atoms with E-state index in [0.29, 0.717) is 18.9 Å². The molecule has 0 atom stereocenters. The van der Waals surface area contributed by atoms with Crippen molar-refractivity contribution in [3.8, 4) is 0 Å². The number of methoxy groups -OCH3 is 1. The minimum atomic E-state index is -0.328. The van der Waals surface area contributed by atoms with Gasteiger partial charge >= 0.3 is 0 Å². The van der Waals surface area contributed by atoms with Crippen LogP contribution < -0.4 is 10.6 Å². The molecule has 0 spiro atoms. The van der Waals surface area contributed by atoms with Crippen LogP contribution >= 0.6 is 0 Å². The molecule has 0 saturated carbocycles. The van der Waals surface area contributed by atoms with Gasteiger partial charge in [0.15, 0.2) is 5.76 Å². The van der Waals surface area contributed by atoms with Crippen molar-refractivity contribution in [3.63, 3.8) is 0 Å². The lowest BCUT2D eigenvalue weighted by atomic mass is 10.3. The highest BCUT2D eigenvalue weighted by Gasteiger charge is 2.11. The molecule has 0 aliphatic rings. The Labute approximate surface area is 112 Å². The summed E-state index contributed by atoms with van der Waals surface area (Å²) in [6, 6.07) is 3.27. The van der Waals surface area contributed by atoms with Gasteiger partial charge in [-0.3, -0.25) is 9.59 Å². The van der Waals surface area contributed by atoms with Gasteiger partial charge in [0.05, 0.1) is 0 Å². The highest BCUT2D eigenvalue weighted by molar-refractivity contribution is 5.91. The van der Waals surface area contributed by atoms with E-state index >= 15 is 0 Å². The molecule has 6 heteroatoms. The summed E-state index contributed by atoms with van der Waals surface area (Å²) in [7, 11) is 1.55. The second kappa shape index (κ2) is 8.31. The van der Waals surface area contributed by atoms with Crippen LogP contribution in [0.4, 0.5) is 0 Å². The second-order valence-corrected chi connectivity index (χ2v) is 4.05. The van der Waals surface area contributed by atoms with Gasteiger partial charge in [0.2, 0.25) is 5.91 Å². The molecule has 6 nitrogen and oxygen atoms in total. The molecule has 1 heterocycles. The van der Waals surface area contributed by atoms with Crippen molar-refractivity contribution in [1.82, 2.24) is 10.6 Å². The Kier molecular flexibility index (Phi) is 6.67. The molecule has 106 valence electrons. The van der Waals surface area contributed by atoms with Crippen LogP contribution in [0.1, 0.15) is 36.1 Å². The average molecular weight is 268 g/mol. The van der Waals surface area contributed by atoms with Crippen molar-refractivity contribution in [2.45, 2.75) is 26.4 Å². The number of hydrogen-bond donors (Lipinski definition) is 2. The molecular formula is C13H20N2O4. The lowest BCUT2D eigenvalue weighted by molar-refractivity contribution is -0.120. The fourth-order valence-electron chi connectivity index (χ4n) is 1.45. The highest BCUT2D eigenvalue weighted by atomic mass is 16.5. The van der Waals surface area contributed by atoms with Gasteiger partial charge in [-0.1, -0.05) is 6.92 Å². The number of carbonyl (C=O) groups excluding carboxylic acids is 2. The lowest BCUT2D eigenvalue weighted by Gasteiger charge is -2.04. The van der Waals surface area contributed by atoms with Crippen molar-refractivity contribution < 1.29 is 18.7 Å². The van der Waals surface area contributed by atoms with E-state index in [9.17, 15) is 9.59 Å². The van der Waals surface area contributed by atoms with Gasteiger partial charge in [0, 0.05) is 26.6 Å². The van der Waals surface area contributed by atoms with Crippen molar-refractivity contribution in [3.05, 3.63) is 23.7 Å². The molecule has 0 unspecified atom stereocenters. The van der Waals surface area contributed by atoms with E-state index < -0.39 is 0 Å². The maximum atomic E-state index is 11.7. The van der Waals surface area contributed by atoms with Crippen LogP contribution in [0, 0.1) is 0 Å². The van der Waals surface area contributed by atoms with Gasteiger partial charge in [-0.15, -0.1) is 0 Å². The molecule has 0 saturated heterocycles. The summed E-state index contributed by atoms with van der Waals surface area (Å²) < 4.78 is 10.2. The third-order valence-corrected chi connectivity index (χ3v) is 2.38. The second-order valence-electron chi connectivity index (χ2n) is 4.05. The largest absolute Gasteiger partial charge is 0.453 e. The Morgan fingerprint density at radius 2 is 2.05 bits per heavy atom. The van der Waals surface area contributed by atoms with Gasteiger partial charge in [0.1, 0.15) is 12.4 Å². The van der Waals surface area contributed by atoms with Gasteiger partial charge in [-0.25, -0.2) is 0 Å². The molecule has 0 bridgehead atoms. The third kappa shape index (κ3) is 5.56. The minimum Gasteiger partial charge on any atom is -0.453 e. The van der Waals surface area contributed by atoms with Gasteiger partial charge in [-0.2, -0.15) is 0 Å². The quantitative estimate of drug-likeness (QED) is 0.739. The third-order valence-electron chi connectivity index (χ3n) is 2.38. The van der Waals surface area contributed by atoms with Crippen molar-refractivity contribution in [2.24, 2.45) is 0 Å². The SMILES string of the molecule is CCCNC(=O)CCNC(=O)c1ccc(COC)o1. The van der Waals surface area contributed by atoms with Crippen molar-refractivity contribution >= 4 is 11.8 Å². The molecule has 0 fully saturated rings. The van der Waals surface area contributed by atoms with E-state index in [1.807, 2.05) is 6.92 Å². The fourth-order valence-corrected chi connectivity index (χ4v) is 1.45. The first kappa shape index (κ1) is 15.2. The molecule has 0 aliphatic heterocycles. The van der Waals surface area contributed by atoms with Crippen LogP contribution in [-0.4, -0.2) is 32.0 Å². The Balaban J connectivity index is 2.28. The summed E-state index contributed by atoms with van der Waals surface area (Å²) >= 11 is 0. The van der Waals surface area contributed by atoms with E-state index in [0.717, 1.165) is 6.42 Å². The van der Waals surface area contributed by atoms with E-state index in [-0.39, 0.29) is 30.5 Å². The van der Waals surface area contributed by atoms with E-state index in [2.05, 4.69) is 10.6 Å². The van der Waals surface area contributed by atoms with Crippen LogP contribution in [0.15, 0.2) is 16.5 Å². The monoisotopic (exact) mass is 268 g/mol. The maximum absolute atomic E-state index is 11.7. The molecule has 1 aromatic rings. The van der Waals surface area contributed by atoms with Gasteiger partial charge in [-0.05, 0) is 18.6 Å². The number of amides is 2. The highest BCUT2D eigenvalue weighted by Crippen LogP contribution is 2.08. The molecule has 0 radical (unpaired) electrons. The summed E-state index contributed by atoms with van der Waals surface area (Å²) in [5.41, 5.74) is 0. The molecule has 19 heavy (non-hydrogen) atoms. The van der Waals surface area contributed by atoms with Crippen LogP contribution in [0.3, 0.4) is 0 Å². The predicted octanol–water partition coefficient (Wildman–Crippen LogP) is 1.07. The first-order chi connectivity index (χ1) is 9.17. The smallest absolute Gasteiger partial charge is 0.287 e. The normalized spacial score (nSPS) is 10.2. The van der Waals surface area contributed by atoms with Crippen molar-refractivity contribution in [1.29, 1.82) is 0 Å². The van der Waals surface area contributed by atoms with Gasteiger partial charge in [0.25, 0.3) is 5.91 Å².